The predicted molar refractivity (Wildman–Crippen MR) is 118 cm³/mol. The maximum absolute atomic E-state index is 13.1. The average Bonchev–Trinajstić information content (AvgIpc) is 3.61. The third-order valence-corrected chi connectivity index (χ3v) is 6.84. The quantitative estimate of drug-likeness (QED) is 0.806. The van der Waals surface area contributed by atoms with Crippen LogP contribution in [-0.4, -0.2) is 23.3 Å². The van der Waals surface area contributed by atoms with Crippen LogP contribution in [-0.2, 0) is 28.0 Å². The Bertz CT molecular complexity index is 1000. The lowest BCUT2D eigenvalue weighted by atomic mass is 9.94. The molecule has 4 nitrogen and oxygen atoms in total. The normalized spacial score (nSPS) is 19.5. The van der Waals surface area contributed by atoms with Crippen LogP contribution in [0.1, 0.15) is 55.2 Å². The van der Waals surface area contributed by atoms with E-state index < -0.39 is 0 Å². The van der Waals surface area contributed by atoms with E-state index in [1.807, 2.05) is 41.3 Å². The van der Waals surface area contributed by atoms with Gasteiger partial charge in [-0.05, 0) is 73.8 Å². The Morgan fingerprint density at radius 3 is 2.50 bits per heavy atom. The summed E-state index contributed by atoms with van der Waals surface area (Å²) in [7, 11) is 0. The second-order valence-corrected chi connectivity index (χ2v) is 8.84. The van der Waals surface area contributed by atoms with Crippen LogP contribution in [0.4, 0.5) is 5.69 Å². The molecule has 1 fully saturated rings. The van der Waals surface area contributed by atoms with Gasteiger partial charge in [-0.15, -0.1) is 0 Å². The first-order chi connectivity index (χ1) is 14.7. The zero-order valence-electron chi connectivity index (χ0n) is 17.3. The summed E-state index contributed by atoms with van der Waals surface area (Å²) in [5.41, 5.74) is 4.94. The summed E-state index contributed by atoms with van der Waals surface area (Å²) in [5.74, 6) is 0.264. The molecule has 0 radical (unpaired) electrons. The molecule has 0 saturated heterocycles. The van der Waals surface area contributed by atoms with Crippen LogP contribution in [0, 0.1) is 0 Å². The Hall–Kier alpha value is -2.88. The zero-order valence-corrected chi connectivity index (χ0v) is 17.3. The molecule has 0 unspecified atom stereocenters. The number of fused-ring (bicyclic) bond motifs is 1. The van der Waals surface area contributed by atoms with Crippen molar-refractivity contribution in [1.29, 1.82) is 0 Å². The van der Waals surface area contributed by atoms with Gasteiger partial charge in [0, 0.05) is 24.4 Å². The number of carbonyl (C=O) groups is 2. The Labute approximate surface area is 178 Å². The molecular weight excluding hydrogens is 372 g/mol. The van der Waals surface area contributed by atoms with Crippen molar-refractivity contribution >= 4 is 17.5 Å². The van der Waals surface area contributed by atoms with Crippen molar-refractivity contribution in [2.75, 3.05) is 11.9 Å². The molecule has 0 bridgehead atoms. The third-order valence-electron chi connectivity index (χ3n) is 6.84. The van der Waals surface area contributed by atoms with E-state index in [-0.39, 0.29) is 17.2 Å². The van der Waals surface area contributed by atoms with Crippen molar-refractivity contribution in [2.45, 2.75) is 56.9 Å². The van der Waals surface area contributed by atoms with Gasteiger partial charge in [0.1, 0.15) is 0 Å². The lowest BCUT2D eigenvalue weighted by Gasteiger charge is -2.30. The second kappa shape index (κ2) is 7.75. The van der Waals surface area contributed by atoms with Crippen molar-refractivity contribution in [2.24, 2.45) is 0 Å². The number of carbonyl (C=O) groups excluding carboxylic acids is 2. The topological polar surface area (TPSA) is 49.4 Å². The fraction of sp³-hybridized carbons (Fsp3) is 0.385. The summed E-state index contributed by atoms with van der Waals surface area (Å²) in [5, 5.41) is 3.15. The van der Waals surface area contributed by atoms with Gasteiger partial charge in [0.2, 0.25) is 11.8 Å². The SMILES string of the molecule is O=C(C1=CCCCC1)N1CCc2ccc(NC(=O)C3(c4ccccc4)CC3)cc2C1. The van der Waals surface area contributed by atoms with E-state index in [1.165, 1.54) is 12.0 Å². The molecule has 0 aromatic heterocycles. The van der Waals surface area contributed by atoms with E-state index in [4.69, 9.17) is 0 Å². The van der Waals surface area contributed by atoms with E-state index in [0.717, 1.165) is 67.5 Å². The highest BCUT2D eigenvalue weighted by Crippen LogP contribution is 2.49. The van der Waals surface area contributed by atoms with Gasteiger partial charge in [-0.1, -0.05) is 42.5 Å². The number of allylic oxidation sites excluding steroid dienone is 1. The average molecular weight is 401 g/mol. The molecule has 5 rings (SSSR count). The number of anilines is 1. The van der Waals surface area contributed by atoms with Crippen LogP contribution in [0.15, 0.2) is 60.2 Å². The Balaban J connectivity index is 1.31. The highest BCUT2D eigenvalue weighted by Gasteiger charge is 2.51. The second-order valence-electron chi connectivity index (χ2n) is 8.84. The van der Waals surface area contributed by atoms with Crippen LogP contribution in [0.3, 0.4) is 0 Å². The summed E-state index contributed by atoms with van der Waals surface area (Å²) >= 11 is 0. The van der Waals surface area contributed by atoms with Crippen LogP contribution in [0.2, 0.25) is 0 Å². The van der Waals surface area contributed by atoms with Crippen LogP contribution in [0.5, 0.6) is 0 Å². The molecule has 2 aromatic carbocycles. The zero-order chi connectivity index (χ0) is 20.6. The van der Waals surface area contributed by atoms with Crippen LogP contribution in [0.25, 0.3) is 0 Å². The molecule has 1 N–H and O–H groups in total. The molecule has 4 heteroatoms. The van der Waals surface area contributed by atoms with Gasteiger partial charge < -0.3 is 10.2 Å². The maximum atomic E-state index is 13.1. The van der Waals surface area contributed by atoms with Gasteiger partial charge in [-0.3, -0.25) is 9.59 Å². The molecule has 2 amide bonds. The fourth-order valence-electron chi connectivity index (χ4n) is 4.82. The number of rotatable bonds is 4. The predicted octanol–water partition coefficient (Wildman–Crippen LogP) is 4.74. The van der Waals surface area contributed by atoms with E-state index >= 15 is 0 Å². The molecule has 30 heavy (non-hydrogen) atoms. The molecule has 154 valence electrons. The van der Waals surface area contributed by atoms with Gasteiger partial charge in [0.05, 0.1) is 5.41 Å². The van der Waals surface area contributed by atoms with Crippen molar-refractivity contribution in [3.63, 3.8) is 0 Å². The smallest absolute Gasteiger partial charge is 0.249 e. The number of nitrogens with one attached hydrogen (secondary N) is 1. The largest absolute Gasteiger partial charge is 0.334 e. The van der Waals surface area contributed by atoms with E-state index in [2.05, 4.69) is 23.5 Å². The molecule has 1 saturated carbocycles. The lowest BCUT2D eigenvalue weighted by molar-refractivity contribution is -0.128. The number of hydrogen-bond acceptors (Lipinski definition) is 2. The molecule has 3 aliphatic rings. The van der Waals surface area contributed by atoms with E-state index in [0.29, 0.717) is 6.54 Å². The standard InChI is InChI=1S/C26H28N2O2/c29-24(20-7-3-1-4-8-20)28-16-13-19-11-12-23(17-21(19)18-28)27-25(30)26(14-15-26)22-9-5-2-6-10-22/h2,5-7,9-12,17H,1,3-4,8,13-16,18H2,(H,27,30). The number of hydrogen-bond donors (Lipinski definition) is 1. The first kappa shape index (κ1) is 19.1. The minimum atomic E-state index is -0.382. The lowest BCUT2D eigenvalue weighted by Crippen LogP contribution is -2.37. The molecule has 0 atom stereocenters. The Kier molecular flexibility index (Phi) is 4.93. The summed E-state index contributed by atoms with van der Waals surface area (Å²) < 4.78 is 0. The van der Waals surface area contributed by atoms with Gasteiger partial charge >= 0.3 is 0 Å². The van der Waals surface area contributed by atoms with Crippen molar-refractivity contribution in [3.05, 3.63) is 76.9 Å². The Morgan fingerprint density at radius 2 is 1.77 bits per heavy atom. The van der Waals surface area contributed by atoms with E-state index in [1.54, 1.807) is 0 Å². The minimum Gasteiger partial charge on any atom is -0.334 e. The summed E-state index contributed by atoms with van der Waals surface area (Å²) in [6.07, 6.45) is 9.00. The minimum absolute atomic E-state index is 0.0738. The summed E-state index contributed by atoms with van der Waals surface area (Å²) in [6.45, 7) is 1.39. The molecule has 1 aliphatic heterocycles. The van der Waals surface area contributed by atoms with Gasteiger partial charge in [0.15, 0.2) is 0 Å². The number of amides is 2. The highest BCUT2D eigenvalue weighted by molar-refractivity contribution is 6.01. The van der Waals surface area contributed by atoms with E-state index in [9.17, 15) is 9.59 Å². The van der Waals surface area contributed by atoms with Gasteiger partial charge in [-0.25, -0.2) is 0 Å². The van der Waals surface area contributed by atoms with Gasteiger partial charge in [0.25, 0.3) is 0 Å². The summed E-state index contributed by atoms with van der Waals surface area (Å²) in [4.78, 5) is 27.9. The first-order valence-electron chi connectivity index (χ1n) is 11.1. The third kappa shape index (κ3) is 3.55. The molecule has 2 aromatic rings. The van der Waals surface area contributed by atoms with Crippen LogP contribution >= 0.6 is 0 Å². The molecule has 0 spiro atoms. The first-order valence-corrected chi connectivity index (χ1v) is 11.1. The highest BCUT2D eigenvalue weighted by atomic mass is 16.2. The maximum Gasteiger partial charge on any atom is 0.249 e. The van der Waals surface area contributed by atoms with Crippen LogP contribution < -0.4 is 5.32 Å². The molecule has 2 aliphatic carbocycles. The summed E-state index contributed by atoms with van der Waals surface area (Å²) in [6, 6.07) is 16.2. The monoisotopic (exact) mass is 400 g/mol. The van der Waals surface area contributed by atoms with Crippen molar-refractivity contribution < 1.29 is 9.59 Å². The fourth-order valence-corrected chi connectivity index (χ4v) is 4.82. The Morgan fingerprint density at radius 1 is 0.933 bits per heavy atom. The molecule has 1 heterocycles. The van der Waals surface area contributed by atoms with Gasteiger partial charge in [-0.2, -0.15) is 0 Å². The van der Waals surface area contributed by atoms with Crippen molar-refractivity contribution in [1.82, 2.24) is 4.90 Å². The molecular formula is C26H28N2O2. The van der Waals surface area contributed by atoms with Crippen molar-refractivity contribution in [3.8, 4) is 0 Å². The number of nitrogens with zero attached hydrogens (tertiary/aromatic N) is 1. The number of benzene rings is 2.